The maximum atomic E-state index is 11.9. The molecule has 0 aliphatic rings. The topological polar surface area (TPSA) is 120 Å². The van der Waals surface area contributed by atoms with E-state index in [0.717, 1.165) is 0 Å². The van der Waals surface area contributed by atoms with Gasteiger partial charge in [0, 0.05) is 19.2 Å². The molecule has 104 valence electrons. The monoisotopic (exact) mass is 268 g/mol. The Balaban J connectivity index is 2.84. The fourth-order valence-corrected chi connectivity index (χ4v) is 1.51. The average molecular weight is 268 g/mol. The summed E-state index contributed by atoms with van der Waals surface area (Å²) in [5.74, 6) is 4.80. The lowest BCUT2D eigenvalue weighted by Crippen LogP contribution is -2.28. The number of para-hydroxylation sites is 1. The Hall–Kier alpha value is -2.19. The molecule has 0 unspecified atom stereocenters. The molecule has 0 saturated heterocycles. The Morgan fingerprint density at radius 2 is 2.26 bits per heavy atom. The molecule has 0 heterocycles. The minimum absolute atomic E-state index is 0.0126. The largest absolute Gasteiger partial charge is 0.380 e. The first-order valence-electron chi connectivity index (χ1n) is 5.71. The first-order valence-corrected chi connectivity index (χ1v) is 5.71. The number of hydrazine groups is 1. The average Bonchev–Trinajstić information content (AvgIpc) is 2.42. The number of hydrogen-bond donors (Lipinski definition) is 3. The molecule has 4 N–H and O–H groups in total. The number of nitrogens with one attached hydrogen (secondary N) is 2. The zero-order valence-electron chi connectivity index (χ0n) is 10.5. The van der Waals surface area contributed by atoms with Crippen molar-refractivity contribution in [1.82, 2.24) is 5.32 Å². The van der Waals surface area contributed by atoms with E-state index in [0.29, 0.717) is 19.8 Å². The predicted molar refractivity (Wildman–Crippen MR) is 69.7 cm³/mol. The summed E-state index contributed by atoms with van der Waals surface area (Å²) in [5, 5.41) is 13.4. The van der Waals surface area contributed by atoms with Gasteiger partial charge >= 0.3 is 0 Å². The van der Waals surface area contributed by atoms with E-state index in [1.807, 2.05) is 6.92 Å². The van der Waals surface area contributed by atoms with Gasteiger partial charge in [0.1, 0.15) is 5.69 Å². The number of carbonyl (C=O) groups is 1. The summed E-state index contributed by atoms with van der Waals surface area (Å²) in [6.07, 6.45) is 0. The SMILES string of the molecule is CCOCCNC(=O)c1cccc([N+](=O)[O-])c1NN. The van der Waals surface area contributed by atoms with Crippen LogP contribution in [-0.2, 0) is 4.74 Å². The Labute approximate surface area is 110 Å². The molecule has 0 aromatic heterocycles. The second kappa shape index (κ2) is 7.29. The molecule has 19 heavy (non-hydrogen) atoms. The standard InChI is InChI=1S/C11H16N4O4/c1-2-19-7-6-13-11(16)8-4-3-5-9(15(17)18)10(8)14-12/h3-5,14H,2,6-7,12H2,1H3,(H,13,16). The minimum atomic E-state index is -0.605. The van der Waals surface area contributed by atoms with Gasteiger partial charge in [0.05, 0.1) is 17.1 Å². The van der Waals surface area contributed by atoms with Crippen LogP contribution < -0.4 is 16.6 Å². The number of nitrogen functional groups attached to an aromatic ring is 1. The van der Waals surface area contributed by atoms with E-state index in [1.165, 1.54) is 18.2 Å². The highest BCUT2D eigenvalue weighted by Gasteiger charge is 2.20. The van der Waals surface area contributed by atoms with Crippen LogP contribution >= 0.6 is 0 Å². The van der Waals surface area contributed by atoms with Crippen molar-refractivity contribution >= 4 is 17.3 Å². The third-order valence-corrected chi connectivity index (χ3v) is 2.36. The van der Waals surface area contributed by atoms with Crippen LogP contribution in [0.25, 0.3) is 0 Å². The third kappa shape index (κ3) is 3.90. The van der Waals surface area contributed by atoms with E-state index < -0.39 is 10.8 Å². The van der Waals surface area contributed by atoms with Crippen LogP contribution in [0.4, 0.5) is 11.4 Å². The lowest BCUT2D eigenvalue weighted by atomic mass is 10.1. The predicted octanol–water partition coefficient (Wildman–Crippen LogP) is 0.647. The summed E-state index contributed by atoms with van der Waals surface area (Å²) < 4.78 is 5.08. The van der Waals surface area contributed by atoms with Crippen LogP contribution in [0, 0.1) is 10.1 Å². The number of amides is 1. The second-order valence-corrected chi connectivity index (χ2v) is 3.55. The van der Waals surface area contributed by atoms with Crippen molar-refractivity contribution in [2.24, 2.45) is 5.84 Å². The summed E-state index contributed by atoms with van der Waals surface area (Å²) in [6, 6.07) is 4.15. The number of nitrogens with zero attached hydrogens (tertiary/aromatic N) is 1. The molecule has 0 atom stereocenters. The van der Waals surface area contributed by atoms with Crippen LogP contribution in [0.1, 0.15) is 17.3 Å². The fraction of sp³-hybridized carbons (Fsp3) is 0.364. The molecule has 0 spiro atoms. The number of nitrogens with two attached hydrogens (primary N) is 1. The van der Waals surface area contributed by atoms with Gasteiger partial charge in [-0.2, -0.15) is 0 Å². The molecule has 1 rings (SSSR count). The van der Waals surface area contributed by atoms with E-state index in [9.17, 15) is 14.9 Å². The third-order valence-electron chi connectivity index (χ3n) is 2.36. The zero-order chi connectivity index (χ0) is 14.3. The quantitative estimate of drug-likeness (QED) is 0.289. The number of benzene rings is 1. The van der Waals surface area contributed by atoms with Crippen molar-refractivity contribution in [3.05, 3.63) is 33.9 Å². The second-order valence-electron chi connectivity index (χ2n) is 3.55. The molecule has 0 radical (unpaired) electrons. The van der Waals surface area contributed by atoms with Crippen LogP contribution in [-0.4, -0.2) is 30.6 Å². The maximum absolute atomic E-state index is 11.9. The van der Waals surface area contributed by atoms with Gasteiger partial charge in [-0.05, 0) is 13.0 Å². The van der Waals surface area contributed by atoms with Crippen molar-refractivity contribution < 1.29 is 14.5 Å². The highest BCUT2D eigenvalue weighted by molar-refractivity contribution is 6.01. The lowest BCUT2D eigenvalue weighted by molar-refractivity contribution is -0.384. The van der Waals surface area contributed by atoms with Gasteiger partial charge in [0.25, 0.3) is 11.6 Å². The molecule has 1 amide bonds. The number of ether oxygens (including phenoxy) is 1. The molecule has 8 nitrogen and oxygen atoms in total. The number of nitro groups is 1. The van der Waals surface area contributed by atoms with Gasteiger partial charge in [0.15, 0.2) is 0 Å². The summed E-state index contributed by atoms with van der Waals surface area (Å²) >= 11 is 0. The van der Waals surface area contributed by atoms with Crippen molar-refractivity contribution in [3.63, 3.8) is 0 Å². The summed E-state index contributed by atoms with van der Waals surface area (Å²) in [7, 11) is 0. The molecule has 0 saturated carbocycles. The van der Waals surface area contributed by atoms with E-state index >= 15 is 0 Å². The van der Waals surface area contributed by atoms with Gasteiger partial charge < -0.3 is 15.5 Å². The van der Waals surface area contributed by atoms with Gasteiger partial charge in [-0.25, -0.2) is 0 Å². The molecule has 8 heteroatoms. The maximum Gasteiger partial charge on any atom is 0.294 e. The number of rotatable bonds is 7. The Morgan fingerprint density at radius 1 is 1.53 bits per heavy atom. The van der Waals surface area contributed by atoms with Gasteiger partial charge in [-0.15, -0.1) is 0 Å². The fourth-order valence-electron chi connectivity index (χ4n) is 1.51. The first-order chi connectivity index (χ1) is 9.11. The normalized spacial score (nSPS) is 10.0. The molecule has 1 aromatic rings. The van der Waals surface area contributed by atoms with Gasteiger partial charge in [-0.3, -0.25) is 20.8 Å². The molecule has 0 aliphatic heterocycles. The van der Waals surface area contributed by atoms with E-state index in [-0.39, 0.29) is 16.9 Å². The van der Waals surface area contributed by atoms with Crippen LogP contribution in [0.15, 0.2) is 18.2 Å². The van der Waals surface area contributed by atoms with E-state index in [4.69, 9.17) is 10.6 Å². The Bertz CT molecular complexity index is 464. The minimum Gasteiger partial charge on any atom is -0.380 e. The van der Waals surface area contributed by atoms with Crippen LogP contribution in [0.2, 0.25) is 0 Å². The molecule has 1 aromatic carbocycles. The molecule has 0 bridgehead atoms. The van der Waals surface area contributed by atoms with Crippen LogP contribution in [0.5, 0.6) is 0 Å². The van der Waals surface area contributed by atoms with Gasteiger partial charge in [0.2, 0.25) is 0 Å². The number of nitro benzene ring substituents is 1. The zero-order valence-corrected chi connectivity index (χ0v) is 10.5. The van der Waals surface area contributed by atoms with E-state index in [2.05, 4.69) is 10.7 Å². The van der Waals surface area contributed by atoms with Crippen molar-refractivity contribution in [2.75, 3.05) is 25.2 Å². The lowest BCUT2D eigenvalue weighted by Gasteiger charge is -2.09. The number of anilines is 1. The highest BCUT2D eigenvalue weighted by Crippen LogP contribution is 2.27. The van der Waals surface area contributed by atoms with Crippen molar-refractivity contribution in [1.29, 1.82) is 0 Å². The molecular formula is C11H16N4O4. The Kier molecular flexibility index (Phi) is 5.71. The number of hydrogen-bond acceptors (Lipinski definition) is 6. The molecule has 0 aliphatic carbocycles. The van der Waals surface area contributed by atoms with Crippen molar-refractivity contribution in [2.45, 2.75) is 6.92 Å². The smallest absolute Gasteiger partial charge is 0.294 e. The molecular weight excluding hydrogens is 252 g/mol. The Morgan fingerprint density at radius 3 is 2.84 bits per heavy atom. The van der Waals surface area contributed by atoms with Crippen molar-refractivity contribution in [3.8, 4) is 0 Å². The van der Waals surface area contributed by atoms with Gasteiger partial charge in [-0.1, -0.05) is 6.07 Å². The summed E-state index contributed by atoms with van der Waals surface area (Å²) in [6.45, 7) is 3.10. The van der Waals surface area contributed by atoms with E-state index in [1.54, 1.807) is 0 Å². The summed E-state index contributed by atoms with van der Waals surface area (Å²) in [5.41, 5.74) is 2.05. The van der Waals surface area contributed by atoms with Crippen LogP contribution in [0.3, 0.4) is 0 Å². The first kappa shape index (κ1) is 14.9. The highest BCUT2D eigenvalue weighted by atomic mass is 16.6. The summed E-state index contributed by atoms with van der Waals surface area (Å²) in [4.78, 5) is 22.1. The number of carbonyl (C=O) groups excluding carboxylic acids is 1. The molecule has 0 fully saturated rings.